The highest BCUT2D eigenvalue weighted by molar-refractivity contribution is 5.34. The van der Waals surface area contributed by atoms with Gasteiger partial charge in [0.2, 0.25) is 11.8 Å². The summed E-state index contributed by atoms with van der Waals surface area (Å²) < 4.78 is 15.8. The Bertz CT molecular complexity index is 402. The second-order valence-corrected chi connectivity index (χ2v) is 4.86. The molecule has 0 unspecified atom stereocenters. The van der Waals surface area contributed by atoms with E-state index in [1.54, 1.807) is 14.2 Å². The molecule has 1 aromatic heterocycles. The minimum Gasteiger partial charge on any atom is -0.481 e. The summed E-state index contributed by atoms with van der Waals surface area (Å²) in [5.41, 5.74) is 0.855. The first-order valence-corrected chi connectivity index (χ1v) is 7.28. The molecule has 0 saturated carbocycles. The SMILES string of the molecule is COc1ncnc(OC)c1CNCCCN1CCOCC1. The summed E-state index contributed by atoms with van der Waals surface area (Å²) in [6, 6.07) is 0. The van der Waals surface area contributed by atoms with Crippen LogP contribution in [0.2, 0.25) is 0 Å². The second kappa shape index (κ2) is 8.76. The molecule has 0 radical (unpaired) electrons. The van der Waals surface area contributed by atoms with E-state index in [9.17, 15) is 0 Å². The van der Waals surface area contributed by atoms with E-state index < -0.39 is 0 Å². The fourth-order valence-electron chi connectivity index (χ4n) is 2.35. The van der Waals surface area contributed by atoms with Crippen molar-refractivity contribution in [3.05, 3.63) is 11.9 Å². The summed E-state index contributed by atoms with van der Waals surface area (Å²) in [4.78, 5) is 10.6. The van der Waals surface area contributed by atoms with Gasteiger partial charge in [0.25, 0.3) is 0 Å². The summed E-state index contributed by atoms with van der Waals surface area (Å²) in [5, 5.41) is 3.39. The quantitative estimate of drug-likeness (QED) is 0.692. The maximum atomic E-state index is 5.34. The molecular weight excluding hydrogens is 272 g/mol. The van der Waals surface area contributed by atoms with Crippen molar-refractivity contribution < 1.29 is 14.2 Å². The average Bonchev–Trinajstić information content (AvgIpc) is 2.55. The number of morpholine rings is 1. The predicted octanol–water partition coefficient (Wildman–Crippen LogP) is 0.306. The first kappa shape index (κ1) is 15.9. The normalized spacial score (nSPS) is 15.9. The van der Waals surface area contributed by atoms with E-state index in [1.807, 2.05) is 0 Å². The Morgan fingerprint density at radius 3 is 2.48 bits per heavy atom. The number of aromatic nitrogens is 2. The Labute approximate surface area is 125 Å². The lowest BCUT2D eigenvalue weighted by atomic mass is 10.3. The van der Waals surface area contributed by atoms with Crippen LogP contribution >= 0.6 is 0 Å². The van der Waals surface area contributed by atoms with E-state index in [2.05, 4.69) is 20.2 Å². The minimum absolute atomic E-state index is 0.558. The van der Waals surface area contributed by atoms with Crippen molar-refractivity contribution in [3.8, 4) is 11.8 Å². The van der Waals surface area contributed by atoms with Gasteiger partial charge >= 0.3 is 0 Å². The molecule has 7 heteroatoms. The zero-order chi connectivity index (χ0) is 14.9. The van der Waals surface area contributed by atoms with Crippen LogP contribution in [0.1, 0.15) is 12.0 Å². The van der Waals surface area contributed by atoms with Gasteiger partial charge in [0, 0.05) is 19.6 Å². The molecule has 0 bridgehead atoms. The van der Waals surface area contributed by atoms with Crippen molar-refractivity contribution in [2.45, 2.75) is 13.0 Å². The average molecular weight is 296 g/mol. The van der Waals surface area contributed by atoms with Crippen molar-refractivity contribution in [2.24, 2.45) is 0 Å². The molecule has 0 aliphatic carbocycles. The molecule has 1 aliphatic rings. The molecule has 1 aliphatic heterocycles. The minimum atomic E-state index is 0.558. The zero-order valence-electron chi connectivity index (χ0n) is 12.8. The van der Waals surface area contributed by atoms with Crippen molar-refractivity contribution in [3.63, 3.8) is 0 Å². The summed E-state index contributed by atoms with van der Waals surface area (Å²) >= 11 is 0. The van der Waals surface area contributed by atoms with Gasteiger partial charge in [-0.1, -0.05) is 0 Å². The molecule has 1 fully saturated rings. The number of ether oxygens (including phenoxy) is 3. The first-order chi connectivity index (χ1) is 10.3. The lowest BCUT2D eigenvalue weighted by Crippen LogP contribution is -2.37. The van der Waals surface area contributed by atoms with Gasteiger partial charge in [-0.15, -0.1) is 0 Å². The van der Waals surface area contributed by atoms with Crippen LogP contribution in [-0.4, -0.2) is 68.5 Å². The maximum absolute atomic E-state index is 5.34. The summed E-state index contributed by atoms with van der Waals surface area (Å²) in [5.74, 6) is 1.12. The largest absolute Gasteiger partial charge is 0.481 e. The van der Waals surface area contributed by atoms with Gasteiger partial charge in [-0.3, -0.25) is 4.90 Å². The smallest absolute Gasteiger partial charge is 0.224 e. The van der Waals surface area contributed by atoms with Gasteiger partial charge in [0.1, 0.15) is 6.33 Å². The van der Waals surface area contributed by atoms with Gasteiger partial charge in [0.15, 0.2) is 0 Å². The molecule has 1 aromatic rings. The van der Waals surface area contributed by atoms with Crippen LogP contribution in [0.3, 0.4) is 0 Å². The van der Waals surface area contributed by atoms with Crippen LogP contribution in [0, 0.1) is 0 Å². The number of hydrogen-bond donors (Lipinski definition) is 1. The van der Waals surface area contributed by atoms with Gasteiger partial charge in [0.05, 0.1) is 33.0 Å². The molecule has 1 saturated heterocycles. The number of rotatable bonds is 8. The highest BCUT2D eigenvalue weighted by Crippen LogP contribution is 2.22. The van der Waals surface area contributed by atoms with E-state index in [4.69, 9.17) is 14.2 Å². The van der Waals surface area contributed by atoms with Crippen LogP contribution in [0.15, 0.2) is 6.33 Å². The number of nitrogens with one attached hydrogen (secondary N) is 1. The summed E-state index contributed by atoms with van der Waals surface area (Å²) in [6.07, 6.45) is 2.54. The molecule has 0 atom stereocenters. The lowest BCUT2D eigenvalue weighted by molar-refractivity contribution is 0.0374. The van der Waals surface area contributed by atoms with Gasteiger partial charge in [-0.05, 0) is 19.5 Å². The third-order valence-electron chi connectivity index (χ3n) is 3.49. The standard InChI is InChI=1S/C14H24N4O3/c1-19-13-12(14(20-2)17-11-16-13)10-15-4-3-5-18-6-8-21-9-7-18/h11,15H,3-10H2,1-2H3. The van der Waals surface area contributed by atoms with E-state index in [-0.39, 0.29) is 0 Å². The van der Waals surface area contributed by atoms with Gasteiger partial charge < -0.3 is 19.5 Å². The first-order valence-electron chi connectivity index (χ1n) is 7.28. The van der Waals surface area contributed by atoms with Crippen molar-refractivity contribution in [1.82, 2.24) is 20.2 Å². The van der Waals surface area contributed by atoms with E-state index >= 15 is 0 Å². The van der Waals surface area contributed by atoms with E-state index in [1.165, 1.54) is 6.33 Å². The van der Waals surface area contributed by atoms with E-state index in [0.717, 1.165) is 51.4 Å². The molecule has 0 spiro atoms. The molecule has 118 valence electrons. The molecule has 0 aromatic carbocycles. The Morgan fingerprint density at radius 2 is 1.86 bits per heavy atom. The van der Waals surface area contributed by atoms with Gasteiger partial charge in [-0.25, -0.2) is 9.97 Å². The molecular formula is C14H24N4O3. The Morgan fingerprint density at radius 1 is 1.19 bits per heavy atom. The summed E-state index contributed by atoms with van der Waals surface area (Å²) in [7, 11) is 3.20. The Kier molecular flexibility index (Phi) is 6.65. The number of hydrogen-bond acceptors (Lipinski definition) is 7. The van der Waals surface area contributed by atoms with Crippen molar-refractivity contribution in [1.29, 1.82) is 0 Å². The molecule has 0 amide bonds. The third-order valence-corrected chi connectivity index (χ3v) is 3.49. The zero-order valence-corrected chi connectivity index (χ0v) is 12.8. The monoisotopic (exact) mass is 296 g/mol. The number of nitrogens with zero attached hydrogens (tertiary/aromatic N) is 3. The molecule has 1 N–H and O–H groups in total. The maximum Gasteiger partial charge on any atom is 0.224 e. The Balaban J connectivity index is 1.72. The number of methoxy groups -OCH3 is 2. The molecule has 7 nitrogen and oxygen atoms in total. The van der Waals surface area contributed by atoms with Crippen LogP contribution in [0.25, 0.3) is 0 Å². The van der Waals surface area contributed by atoms with Crippen LogP contribution in [0.5, 0.6) is 11.8 Å². The lowest BCUT2D eigenvalue weighted by Gasteiger charge is -2.26. The second-order valence-electron chi connectivity index (χ2n) is 4.86. The fourth-order valence-corrected chi connectivity index (χ4v) is 2.35. The Hall–Kier alpha value is -1.44. The predicted molar refractivity (Wildman–Crippen MR) is 78.7 cm³/mol. The third kappa shape index (κ3) is 4.80. The summed E-state index contributed by atoms with van der Waals surface area (Å²) in [6.45, 7) is 6.43. The highest BCUT2D eigenvalue weighted by atomic mass is 16.5. The highest BCUT2D eigenvalue weighted by Gasteiger charge is 2.12. The van der Waals surface area contributed by atoms with Crippen molar-refractivity contribution >= 4 is 0 Å². The topological polar surface area (TPSA) is 68.7 Å². The van der Waals surface area contributed by atoms with Crippen molar-refractivity contribution in [2.75, 3.05) is 53.6 Å². The fraction of sp³-hybridized carbons (Fsp3) is 0.714. The van der Waals surface area contributed by atoms with Crippen LogP contribution in [0.4, 0.5) is 0 Å². The molecule has 2 heterocycles. The van der Waals surface area contributed by atoms with Gasteiger partial charge in [-0.2, -0.15) is 0 Å². The van der Waals surface area contributed by atoms with E-state index in [0.29, 0.717) is 18.3 Å². The molecule has 2 rings (SSSR count). The molecule has 21 heavy (non-hydrogen) atoms. The van der Waals surface area contributed by atoms with Crippen LogP contribution in [-0.2, 0) is 11.3 Å². The van der Waals surface area contributed by atoms with Crippen LogP contribution < -0.4 is 14.8 Å².